The molecule has 0 aliphatic heterocycles. The number of aromatic nitrogens is 1. The summed E-state index contributed by atoms with van der Waals surface area (Å²) in [6, 6.07) is 21.9. The standard InChI is InChI=1S/C35H35F2NO3S.Na/c1-34(2,41)28-9-4-3-7-24(28)12-15-32(42-22-35(16-17-35)21-33(39)40)26-8-5-6-23(18-26)10-13-27-14-11-25-19-29(36)30(37)20-31(25)38-27;/h3-11,13-14,18-20,32,41H,12,15-17,21-22H2,1-2H3,(H,39,40);/q;+1/p-1/b13-10+;/t32-;/m1./s1. The molecule has 0 radical (unpaired) electrons. The van der Waals surface area contributed by atoms with Crippen LogP contribution < -0.4 is 34.7 Å². The molecular weight excluding hydrogens is 575 g/mol. The minimum atomic E-state index is -0.994. The summed E-state index contributed by atoms with van der Waals surface area (Å²) in [5.74, 6) is -2.07. The molecule has 4 nitrogen and oxygen atoms in total. The van der Waals surface area contributed by atoms with Gasteiger partial charge in [-0.05, 0) is 97.6 Å². The van der Waals surface area contributed by atoms with Gasteiger partial charge in [0, 0.05) is 22.7 Å². The molecule has 1 N–H and O–H groups in total. The van der Waals surface area contributed by atoms with Crippen LogP contribution in [0.1, 0.15) is 72.7 Å². The number of nitrogens with zero attached hydrogens (tertiary/aromatic N) is 1. The third-order valence-electron chi connectivity index (χ3n) is 7.90. The molecule has 43 heavy (non-hydrogen) atoms. The topological polar surface area (TPSA) is 73.2 Å². The number of thioether (sulfide) groups is 1. The maximum atomic E-state index is 13.7. The van der Waals surface area contributed by atoms with Crippen molar-refractivity contribution in [2.45, 2.75) is 56.8 Å². The van der Waals surface area contributed by atoms with E-state index in [0.717, 1.165) is 65.8 Å². The molecule has 1 heterocycles. The SMILES string of the molecule is CC(C)(O)c1ccccc1CC[C@@H](SCC1(CC(=O)[O-])CC1)c1cccc(/C=C/c2ccc3cc(F)c(F)cc3n2)c1.[Na+]. The van der Waals surface area contributed by atoms with Crippen molar-refractivity contribution >= 4 is 40.8 Å². The van der Waals surface area contributed by atoms with Crippen molar-refractivity contribution < 1.29 is 53.3 Å². The number of benzene rings is 3. The predicted molar refractivity (Wildman–Crippen MR) is 164 cm³/mol. The van der Waals surface area contributed by atoms with Crippen LogP contribution in [0.2, 0.25) is 0 Å². The van der Waals surface area contributed by atoms with Crippen LogP contribution in [0.25, 0.3) is 23.1 Å². The van der Waals surface area contributed by atoms with Gasteiger partial charge in [-0.2, -0.15) is 11.8 Å². The summed E-state index contributed by atoms with van der Waals surface area (Å²) in [6.07, 6.45) is 7.28. The van der Waals surface area contributed by atoms with Crippen LogP contribution in [0, 0.1) is 17.0 Å². The van der Waals surface area contributed by atoms with E-state index >= 15 is 0 Å². The average molecular weight is 610 g/mol. The van der Waals surface area contributed by atoms with E-state index in [0.29, 0.717) is 16.6 Å². The summed E-state index contributed by atoms with van der Waals surface area (Å²) in [6.45, 7) is 3.59. The Kier molecular flexibility index (Phi) is 10.9. The fraction of sp³-hybridized carbons (Fsp3) is 0.314. The number of hydrogen-bond acceptors (Lipinski definition) is 5. The smallest absolute Gasteiger partial charge is 0.550 e. The van der Waals surface area contributed by atoms with Crippen LogP contribution in [0.3, 0.4) is 0 Å². The molecule has 1 fully saturated rings. The molecule has 0 spiro atoms. The number of aryl methyl sites for hydroxylation is 1. The first-order valence-corrected chi connectivity index (χ1v) is 15.2. The Balaban J connectivity index is 0.00000423. The Labute approximate surface area is 277 Å². The van der Waals surface area contributed by atoms with Crippen molar-refractivity contribution in [2.75, 3.05) is 5.75 Å². The molecular formula is C35H34F2NNaO3S. The Morgan fingerprint density at radius 3 is 2.51 bits per heavy atom. The second kappa shape index (κ2) is 14.0. The Morgan fingerprint density at radius 2 is 1.79 bits per heavy atom. The van der Waals surface area contributed by atoms with Crippen molar-refractivity contribution in [2.24, 2.45) is 5.41 Å². The number of halogens is 2. The van der Waals surface area contributed by atoms with Crippen molar-refractivity contribution in [3.8, 4) is 0 Å². The number of carbonyl (C=O) groups excluding carboxylic acids is 1. The average Bonchev–Trinajstić information content (AvgIpc) is 3.71. The van der Waals surface area contributed by atoms with E-state index in [9.17, 15) is 23.8 Å². The monoisotopic (exact) mass is 609 g/mol. The van der Waals surface area contributed by atoms with Crippen LogP contribution >= 0.6 is 11.8 Å². The quantitative estimate of drug-likeness (QED) is 0.244. The van der Waals surface area contributed by atoms with E-state index in [4.69, 9.17) is 0 Å². The number of hydrogen-bond donors (Lipinski definition) is 1. The summed E-state index contributed by atoms with van der Waals surface area (Å²) in [5.41, 5.74) is 3.99. The van der Waals surface area contributed by atoms with Gasteiger partial charge in [0.25, 0.3) is 0 Å². The first-order valence-electron chi connectivity index (χ1n) is 14.2. The largest absolute Gasteiger partial charge is 1.00 e. The van der Waals surface area contributed by atoms with E-state index < -0.39 is 23.2 Å². The number of fused-ring (bicyclic) bond motifs is 1. The minimum Gasteiger partial charge on any atom is -0.550 e. The first-order chi connectivity index (χ1) is 20.0. The van der Waals surface area contributed by atoms with E-state index in [1.54, 1.807) is 37.7 Å². The van der Waals surface area contributed by atoms with Gasteiger partial charge in [0.15, 0.2) is 11.6 Å². The van der Waals surface area contributed by atoms with E-state index in [1.165, 1.54) is 0 Å². The molecule has 1 aromatic heterocycles. The normalized spacial score (nSPS) is 14.9. The van der Waals surface area contributed by atoms with Crippen LogP contribution in [-0.2, 0) is 16.8 Å². The zero-order valence-electron chi connectivity index (χ0n) is 24.8. The van der Waals surface area contributed by atoms with Crippen molar-refractivity contribution in [1.29, 1.82) is 0 Å². The molecule has 0 unspecified atom stereocenters. The summed E-state index contributed by atoms with van der Waals surface area (Å²) < 4.78 is 27.3. The maximum Gasteiger partial charge on any atom is 1.00 e. The van der Waals surface area contributed by atoms with E-state index in [1.807, 2.05) is 42.5 Å². The molecule has 0 saturated heterocycles. The molecule has 1 saturated carbocycles. The van der Waals surface area contributed by atoms with Crippen molar-refractivity contribution in [1.82, 2.24) is 4.98 Å². The number of carbonyl (C=O) groups is 1. The van der Waals surface area contributed by atoms with Gasteiger partial charge in [-0.25, -0.2) is 13.8 Å². The van der Waals surface area contributed by atoms with Gasteiger partial charge in [0.05, 0.1) is 16.8 Å². The second-order valence-corrected chi connectivity index (χ2v) is 13.0. The van der Waals surface area contributed by atoms with Gasteiger partial charge in [0.1, 0.15) is 0 Å². The van der Waals surface area contributed by atoms with Gasteiger partial charge in [0.2, 0.25) is 0 Å². The number of aliphatic hydroxyl groups is 1. The third kappa shape index (κ3) is 8.77. The molecule has 3 aromatic carbocycles. The van der Waals surface area contributed by atoms with Gasteiger partial charge in [-0.1, -0.05) is 60.7 Å². The van der Waals surface area contributed by atoms with Gasteiger partial charge in [-0.3, -0.25) is 0 Å². The number of carboxylic acid groups (broad SMARTS) is 1. The third-order valence-corrected chi connectivity index (χ3v) is 9.59. The summed E-state index contributed by atoms with van der Waals surface area (Å²) >= 11 is 1.79. The van der Waals surface area contributed by atoms with Gasteiger partial charge >= 0.3 is 29.6 Å². The maximum absolute atomic E-state index is 13.7. The van der Waals surface area contributed by atoms with Gasteiger partial charge in [-0.15, -0.1) is 0 Å². The second-order valence-electron chi connectivity index (χ2n) is 11.8. The minimum absolute atomic E-state index is 0. The van der Waals surface area contributed by atoms with Crippen molar-refractivity contribution in [3.63, 3.8) is 0 Å². The fourth-order valence-electron chi connectivity index (χ4n) is 5.37. The zero-order valence-corrected chi connectivity index (χ0v) is 27.6. The van der Waals surface area contributed by atoms with E-state index in [2.05, 4.69) is 23.2 Å². The van der Waals surface area contributed by atoms with E-state index in [-0.39, 0.29) is 46.6 Å². The summed E-state index contributed by atoms with van der Waals surface area (Å²) in [5, 5.41) is 22.7. The molecule has 5 rings (SSSR count). The van der Waals surface area contributed by atoms with Crippen LogP contribution in [-0.4, -0.2) is 21.8 Å². The molecule has 1 aliphatic rings. The molecule has 1 aliphatic carbocycles. The first kappa shape index (κ1) is 33.3. The fourth-order valence-corrected chi connectivity index (χ4v) is 6.94. The molecule has 218 valence electrons. The number of aliphatic carboxylic acids is 1. The molecule has 4 aromatic rings. The van der Waals surface area contributed by atoms with Crippen LogP contribution in [0.4, 0.5) is 8.78 Å². The molecule has 0 amide bonds. The summed E-state index contributed by atoms with van der Waals surface area (Å²) in [7, 11) is 0. The number of rotatable bonds is 12. The van der Waals surface area contributed by atoms with Crippen LogP contribution in [0.15, 0.2) is 72.8 Å². The number of pyridine rings is 1. The Hall–Kier alpha value is -2.55. The predicted octanol–water partition coefficient (Wildman–Crippen LogP) is 4.24. The summed E-state index contributed by atoms with van der Waals surface area (Å²) in [4.78, 5) is 15.8. The Morgan fingerprint density at radius 1 is 1.05 bits per heavy atom. The number of carboxylic acids is 1. The molecule has 0 bridgehead atoms. The zero-order chi connectivity index (χ0) is 29.9. The molecule has 8 heteroatoms. The van der Waals surface area contributed by atoms with Gasteiger partial charge < -0.3 is 15.0 Å². The molecule has 1 atom stereocenters. The van der Waals surface area contributed by atoms with Crippen LogP contribution in [0.5, 0.6) is 0 Å². The van der Waals surface area contributed by atoms with Crippen molar-refractivity contribution in [3.05, 3.63) is 112 Å². The Bertz CT molecular complexity index is 1630.